The van der Waals surface area contributed by atoms with Gasteiger partial charge in [-0.1, -0.05) is 12.1 Å². The summed E-state index contributed by atoms with van der Waals surface area (Å²) in [6.07, 6.45) is 0. The average molecular weight is 347 g/mol. The normalized spacial score (nSPS) is 10.0. The predicted molar refractivity (Wildman–Crippen MR) is 95.6 cm³/mol. The van der Waals surface area contributed by atoms with Crippen molar-refractivity contribution >= 4 is 23.1 Å². The van der Waals surface area contributed by atoms with Crippen LogP contribution in [0.3, 0.4) is 0 Å². The number of halogens is 1. The molecule has 2 N–H and O–H groups in total. The summed E-state index contributed by atoms with van der Waals surface area (Å²) in [7, 11) is 0. The Bertz CT molecular complexity index is 996. The van der Waals surface area contributed by atoms with E-state index >= 15 is 0 Å². The van der Waals surface area contributed by atoms with Crippen LogP contribution < -0.4 is 10.6 Å². The van der Waals surface area contributed by atoms with Crippen molar-refractivity contribution in [2.75, 3.05) is 10.6 Å². The second kappa shape index (κ2) is 7.40. The molecular formula is C19H14FN5O. The lowest BCUT2D eigenvalue weighted by molar-refractivity contribution is 0.102. The Morgan fingerprint density at radius 2 is 1.85 bits per heavy atom. The number of rotatable bonds is 4. The molecule has 0 fully saturated rings. The lowest BCUT2D eigenvalue weighted by Gasteiger charge is -2.09. The Kier molecular flexibility index (Phi) is 4.85. The lowest BCUT2D eigenvalue weighted by atomic mass is 10.2. The van der Waals surface area contributed by atoms with Gasteiger partial charge in [-0.25, -0.2) is 14.4 Å². The monoisotopic (exact) mass is 347 g/mol. The van der Waals surface area contributed by atoms with E-state index in [0.717, 1.165) is 0 Å². The summed E-state index contributed by atoms with van der Waals surface area (Å²) in [5.41, 5.74) is 1.44. The molecule has 6 nitrogen and oxygen atoms in total. The highest BCUT2D eigenvalue weighted by Crippen LogP contribution is 2.18. The molecule has 26 heavy (non-hydrogen) atoms. The topological polar surface area (TPSA) is 90.7 Å². The molecule has 0 atom stereocenters. The number of hydrogen-bond acceptors (Lipinski definition) is 5. The number of aromatic nitrogens is 2. The van der Waals surface area contributed by atoms with Crippen molar-refractivity contribution in [1.82, 2.24) is 9.97 Å². The summed E-state index contributed by atoms with van der Waals surface area (Å²) in [5, 5.41) is 14.4. The van der Waals surface area contributed by atoms with Crippen molar-refractivity contribution in [3.8, 4) is 6.07 Å². The van der Waals surface area contributed by atoms with Crippen LogP contribution in [-0.4, -0.2) is 15.9 Å². The molecule has 3 aromatic rings. The number of para-hydroxylation sites is 1. The molecule has 0 saturated heterocycles. The van der Waals surface area contributed by atoms with Gasteiger partial charge in [-0.3, -0.25) is 4.79 Å². The van der Waals surface area contributed by atoms with E-state index in [1.54, 1.807) is 43.3 Å². The summed E-state index contributed by atoms with van der Waals surface area (Å²) in [6, 6.07) is 16.2. The van der Waals surface area contributed by atoms with Gasteiger partial charge in [0.25, 0.3) is 5.91 Å². The average Bonchev–Trinajstić information content (AvgIpc) is 2.64. The van der Waals surface area contributed by atoms with Crippen LogP contribution in [-0.2, 0) is 0 Å². The SMILES string of the molecule is Cc1nc(Nc2ccc(C#N)cc2)cc(C(=O)Nc2ccccc2F)n1. The molecule has 0 spiro atoms. The Hall–Kier alpha value is -3.79. The summed E-state index contributed by atoms with van der Waals surface area (Å²) in [5.74, 6) is -0.255. The van der Waals surface area contributed by atoms with Gasteiger partial charge in [0.1, 0.15) is 23.2 Å². The van der Waals surface area contributed by atoms with Crippen LogP contribution in [0.25, 0.3) is 0 Å². The van der Waals surface area contributed by atoms with Gasteiger partial charge in [0, 0.05) is 11.8 Å². The summed E-state index contributed by atoms with van der Waals surface area (Å²) in [6.45, 7) is 1.66. The minimum Gasteiger partial charge on any atom is -0.340 e. The largest absolute Gasteiger partial charge is 0.340 e. The first-order valence-corrected chi connectivity index (χ1v) is 7.74. The Balaban J connectivity index is 1.81. The van der Waals surface area contributed by atoms with E-state index in [9.17, 15) is 9.18 Å². The van der Waals surface area contributed by atoms with Crippen LogP contribution >= 0.6 is 0 Å². The second-order valence-electron chi connectivity index (χ2n) is 5.43. The molecule has 128 valence electrons. The molecule has 0 radical (unpaired) electrons. The van der Waals surface area contributed by atoms with E-state index in [2.05, 4.69) is 20.6 Å². The summed E-state index contributed by atoms with van der Waals surface area (Å²) < 4.78 is 13.7. The molecular weight excluding hydrogens is 333 g/mol. The quantitative estimate of drug-likeness (QED) is 0.749. The second-order valence-corrected chi connectivity index (χ2v) is 5.43. The molecule has 1 aromatic heterocycles. The molecule has 0 unspecified atom stereocenters. The third-order valence-electron chi connectivity index (χ3n) is 3.48. The lowest BCUT2D eigenvalue weighted by Crippen LogP contribution is -2.16. The molecule has 0 aliphatic heterocycles. The first-order valence-electron chi connectivity index (χ1n) is 7.74. The molecule has 7 heteroatoms. The van der Waals surface area contributed by atoms with E-state index in [0.29, 0.717) is 22.9 Å². The molecule has 0 aliphatic rings. The van der Waals surface area contributed by atoms with Crippen molar-refractivity contribution in [2.24, 2.45) is 0 Å². The number of nitrogens with one attached hydrogen (secondary N) is 2. The van der Waals surface area contributed by atoms with Gasteiger partial charge < -0.3 is 10.6 Å². The van der Waals surface area contributed by atoms with Crippen LogP contribution in [0.1, 0.15) is 21.9 Å². The van der Waals surface area contributed by atoms with Gasteiger partial charge in [0.05, 0.1) is 17.3 Å². The number of benzene rings is 2. The predicted octanol–water partition coefficient (Wildman–Crippen LogP) is 3.79. The van der Waals surface area contributed by atoms with E-state index in [1.807, 2.05) is 6.07 Å². The molecule has 0 bridgehead atoms. The minimum absolute atomic E-state index is 0.0790. The summed E-state index contributed by atoms with van der Waals surface area (Å²) in [4.78, 5) is 20.7. The van der Waals surface area contributed by atoms with Gasteiger partial charge in [-0.15, -0.1) is 0 Å². The molecule has 1 amide bonds. The van der Waals surface area contributed by atoms with Crippen LogP contribution in [0.5, 0.6) is 0 Å². The zero-order valence-corrected chi connectivity index (χ0v) is 13.8. The van der Waals surface area contributed by atoms with Crippen molar-refractivity contribution < 1.29 is 9.18 Å². The standard InChI is InChI=1S/C19H14FN5O/c1-12-22-17(19(26)25-16-5-3-2-4-15(16)20)10-18(23-12)24-14-8-6-13(11-21)7-9-14/h2-10H,1H3,(H,25,26)(H,22,23,24). The van der Waals surface area contributed by atoms with E-state index in [1.165, 1.54) is 18.2 Å². The van der Waals surface area contributed by atoms with Gasteiger partial charge in [0.2, 0.25) is 0 Å². The maximum atomic E-state index is 13.7. The number of nitriles is 1. The number of hydrogen-bond donors (Lipinski definition) is 2. The number of carbonyl (C=O) groups excluding carboxylic acids is 1. The fourth-order valence-corrected chi connectivity index (χ4v) is 2.27. The van der Waals surface area contributed by atoms with E-state index in [-0.39, 0.29) is 11.4 Å². The number of carbonyl (C=O) groups is 1. The smallest absolute Gasteiger partial charge is 0.274 e. The maximum absolute atomic E-state index is 13.7. The molecule has 0 aliphatic carbocycles. The third-order valence-corrected chi connectivity index (χ3v) is 3.48. The first-order chi connectivity index (χ1) is 12.5. The third kappa shape index (κ3) is 3.99. The highest BCUT2D eigenvalue weighted by Gasteiger charge is 2.13. The molecule has 1 heterocycles. The highest BCUT2D eigenvalue weighted by atomic mass is 19.1. The number of amides is 1. The van der Waals surface area contributed by atoms with Gasteiger partial charge in [-0.05, 0) is 43.3 Å². The van der Waals surface area contributed by atoms with Crippen molar-refractivity contribution in [3.05, 3.63) is 77.5 Å². The Morgan fingerprint density at radius 1 is 1.12 bits per heavy atom. The van der Waals surface area contributed by atoms with Crippen LogP contribution in [0.2, 0.25) is 0 Å². The summed E-state index contributed by atoms with van der Waals surface area (Å²) >= 11 is 0. The van der Waals surface area contributed by atoms with Crippen LogP contribution in [0.4, 0.5) is 21.6 Å². The Labute approximate surface area is 149 Å². The first kappa shape index (κ1) is 17.0. The molecule has 0 saturated carbocycles. The van der Waals surface area contributed by atoms with E-state index in [4.69, 9.17) is 5.26 Å². The zero-order chi connectivity index (χ0) is 18.5. The van der Waals surface area contributed by atoms with E-state index < -0.39 is 11.7 Å². The minimum atomic E-state index is -0.538. The van der Waals surface area contributed by atoms with Gasteiger partial charge in [-0.2, -0.15) is 5.26 Å². The van der Waals surface area contributed by atoms with Gasteiger partial charge >= 0.3 is 0 Å². The van der Waals surface area contributed by atoms with Crippen LogP contribution in [0.15, 0.2) is 54.6 Å². The maximum Gasteiger partial charge on any atom is 0.274 e. The molecule has 3 rings (SSSR count). The number of aryl methyl sites for hydroxylation is 1. The number of nitrogens with zero attached hydrogens (tertiary/aromatic N) is 3. The fraction of sp³-hybridized carbons (Fsp3) is 0.0526. The number of anilines is 3. The van der Waals surface area contributed by atoms with Crippen molar-refractivity contribution in [2.45, 2.75) is 6.92 Å². The Morgan fingerprint density at radius 3 is 2.54 bits per heavy atom. The molecule has 2 aromatic carbocycles. The zero-order valence-electron chi connectivity index (χ0n) is 13.8. The van der Waals surface area contributed by atoms with Crippen molar-refractivity contribution in [3.63, 3.8) is 0 Å². The van der Waals surface area contributed by atoms with Gasteiger partial charge in [0.15, 0.2) is 0 Å². The fourth-order valence-electron chi connectivity index (χ4n) is 2.27. The van der Waals surface area contributed by atoms with Crippen molar-refractivity contribution in [1.29, 1.82) is 5.26 Å². The van der Waals surface area contributed by atoms with Crippen LogP contribution in [0, 0.1) is 24.1 Å². The highest BCUT2D eigenvalue weighted by molar-refractivity contribution is 6.03.